The second-order valence-electron chi connectivity index (χ2n) is 4.97. The highest BCUT2D eigenvalue weighted by atomic mass is 35.5. The summed E-state index contributed by atoms with van der Waals surface area (Å²) in [4.78, 5) is 0. The third-order valence-electron chi connectivity index (χ3n) is 3.85. The van der Waals surface area contributed by atoms with Gasteiger partial charge in [0.05, 0.1) is 5.54 Å². The van der Waals surface area contributed by atoms with Crippen LogP contribution in [-0.2, 0) is 12.0 Å². The van der Waals surface area contributed by atoms with Crippen LogP contribution in [0.25, 0.3) is 0 Å². The normalized spacial score (nSPS) is 21.4. The topological polar surface area (TPSA) is 12.0 Å². The Morgan fingerprint density at radius 3 is 2.47 bits per heavy atom. The lowest BCUT2D eigenvalue weighted by Crippen LogP contribution is -2.45. The lowest BCUT2D eigenvalue weighted by molar-refractivity contribution is 0.415. The summed E-state index contributed by atoms with van der Waals surface area (Å²) in [6.07, 6.45) is 1.10. The zero-order valence-corrected chi connectivity index (χ0v) is 12.4. The maximum Gasteiger partial charge on any atom is 0.0664 e. The zero-order valence-electron chi connectivity index (χ0n) is 10.8. The van der Waals surface area contributed by atoms with Crippen molar-refractivity contribution >= 4 is 24.0 Å². The van der Waals surface area contributed by atoms with Gasteiger partial charge in [0.25, 0.3) is 0 Å². The summed E-state index contributed by atoms with van der Waals surface area (Å²) >= 11 is 5.98. The molecule has 0 amide bonds. The van der Waals surface area contributed by atoms with Crippen molar-refractivity contribution in [2.45, 2.75) is 18.9 Å². The summed E-state index contributed by atoms with van der Waals surface area (Å²) in [5, 5.41) is 4.43. The van der Waals surface area contributed by atoms with E-state index in [0.717, 1.165) is 18.0 Å². The molecule has 0 fully saturated rings. The number of hydrogen-bond donors (Lipinski definition) is 1. The Labute approximate surface area is 125 Å². The first-order valence-corrected chi connectivity index (χ1v) is 6.67. The smallest absolute Gasteiger partial charge is 0.0664 e. The van der Waals surface area contributed by atoms with Crippen LogP contribution < -0.4 is 5.32 Å². The van der Waals surface area contributed by atoms with E-state index in [1.54, 1.807) is 0 Å². The maximum absolute atomic E-state index is 5.98. The number of fused-ring (bicyclic) bond motifs is 1. The summed E-state index contributed by atoms with van der Waals surface area (Å²) in [7, 11) is 0. The van der Waals surface area contributed by atoms with Crippen molar-refractivity contribution in [2.75, 3.05) is 6.54 Å². The standard InChI is InChI=1S/C16H16ClN.ClH/c1-16(13-6-8-14(17)9-7-13)15-5-3-2-4-12(15)10-11-18-16;/h2-9,18H,10-11H2,1H3;1H. The molecule has 1 unspecified atom stereocenters. The van der Waals surface area contributed by atoms with E-state index in [4.69, 9.17) is 11.6 Å². The third-order valence-corrected chi connectivity index (χ3v) is 4.10. The Morgan fingerprint density at radius 2 is 1.74 bits per heavy atom. The number of halogens is 2. The third kappa shape index (κ3) is 2.51. The van der Waals surface area contributed by atoms with Crippen molar-refractivity contribution in [1.82, 2.24) is 5.32 Å². The minimum Gasteiger partial charge on any atom is -0.304 e. The van der Waals surface area contributed by atoms with Gasteiger partial charge in [-0.05, 0) is 42.2 Å². The molecule has 0 radical (unpaired) electrons. The van der Waals surface area contributed by atoms with E-state index in [1.807, 2.05) is 12.1 Å². The van der Waals surface area contributed by atoms with E-state index < -0.39 is 0 Å². The van der Waals surface area contributed by atoms with Gasteiger partial charge in [0.15, 0.2) is 0 Å². The molecule has 1 atom stereocenters. The fourth-order valence-electron chi connectivity index (χ4n) is 2.81. The number of rotatable bonds is 1. The fraction of sp³-hybridized carbons (Fsp3) is 0.250. The molecule has 1 heterocycles. The SMILES string of the molecule is CC1(c2ccc(Cl)cc2)NCCc2ccccc21.Cl. The molecule has 1 aliphatic heterocycles. The van der Waals surface area contributed by atoms with Crippen LogP contribution in [0, 0.1) is 0 Å². The van der Waals surface area contributed by atoms with Crippen LogP contribution in [0.2, 0.25) is 5.02 Å². The lowest BCUT2D eigenvalue weighted by Gasteiger charge is -2.37. The summed E-state index contributed by atoms with van der Waals surface area (Å²) in [6.45, 7) is 3.25. The molecule has 0 aliphatic carbocycles. The average Bonchev–Trinajstić information content (AvgIpc) is 2.40. The molecule has 0 aromatic heterocycles. The maximum atomic E-state index is 5.98. The van der Waals surface area contributed by atoms with Gasteiger partial charge in [-0.25, -0.2) is 0 Å². The van der Waals surface area contributed by atoms with Crippen molar-refractivity contribution in [3.05, 3.63) is 70.2 Å². The van der Waals surface area contributed by atoms with E-state index >= 15 is 0 Å². The number of hydrogen-bond acceptors (Lipinski definition) is 1. The Kier molecular flexibility index (Phi) is 4.19. The van der Waals surface area contributed by atoms with Gasteiger partial charge in [0, 0.05) is 11.6 Å². The Balaban J connectivity index is 0.00000133. The first-order chi connectivity index (χ1) is 8.70. The first kappa shape index (κ1) is 14.4. The molecular weight excluding hydrogens is 277 g/mol. The largest absolute Gasteiger partial charge is 0.304 e. The van der Waals surface area contributed by atoms with Gasteiger partial charge in [-0.3, -0.25) is 0 Å². The summed E-state index contributed by atoms with van der Waals surface area (Å²) in [5.41, 5.74) is 3.96. The highest BCUT2D eigenvalue weighted by molar-refractivity contribution is 6.30. The molecular formula is C16H17Cl2N. The van der Waals surface area contributed by atoms with Gasteiger partial charge in [0.1, 0.15) is 0 Å². The van der Waals surface area contributed by atoms with Gasteiger partial charge < -0.3 is 5.32 Å². The van der Waals surface area contributed by atoms with E-state index in [-0.39, 0.29) is 17.9 Å². The van der Waals surface area contributed by atoms with Gasteiger partial charge in [-0.2, -0.15) is 0 Å². The Hall–Kier alpha value is -1.02. The quantitative estimate of drug-likeness (QED) is 0.832. The molecule has 3 heteroatoms. The van der Waals surface area contributed by atoms with E-state index in [2.05, 4.69) is 48.6 Å². The Morgan fingerprint density at radius 1 is 1.05 bits per heavy atom. The van der Waals surface area contributed by atoms with Crippen LogP contribution in [0.5, 0.6) is 0 Å². The summed E-state index contributed by atoms with van der Waals surface area (Å²) in [5.74, 6) is 0. The van der Waals surface area contributed by atoms with E-state index in [9.17, 15) is 0 Å². The van der Waals surface area contributed by atoms with Gasteiger partial charge in [0.2, 0.25) is 0 Å². The van der Waals surface area contributed by atoms with Crippen LogP contribution in [0.15, 0.2) is 48.5 Å². The molecule has 1 aliphatic rings. The van der Waals surface area contributed by atoms with Crippen molar-refractivity contribution < 1.29 is 0 Å². The minimum absolute atomic E-state index is 0. The molecule has 2 aromatic carbocycles. The fourth-order valence-corrected chi connectivity index (χ4v) is 2.94. The van der Waals surface area contributed by atoms with Crippen LogP contribution in [0.3, 0.4) is 0 Å². The molecule has 0 bridgehead atoms. The van der Waals surface area contributed by atoms with Crippen LogP contribution >= 0.6 is 24.0 Å². The van der Waals surface area contributed by atoms with Crippen molar-refractivity contribution in [3.63, 3.8) is 0 Å². The molecule has 2 aromatic rings. The molecule has 19 heavy (non-hydrogen) atoms. The molecule has 0 saturated heterocycles. The lowest BCUT2D eigenvalue weighted by atomic mass is 9.79. The highest BCUT2D eigenvalue weighted by Crippen LogP contribution is 2.34. The second-order valence-corrected chi connectivity index (χ2v) is 5.40. The van der Waals surface area contributed by atoms with E-state index in [0.29, 0.717) is 0 Å². The van der Waals surface area contributed by atoms with Crippen molar-refractivity contribution in [3.8, 4) is 0 Å². The predicted molar refractivity (Wildman–Crippen MR) is 83.3 cm³/mol. The molecule has 3 rings (SSSR count). The van der Waals surface area contributed by atoms with Gasteiger partial charge in [-0.15, -0.1) is 12.4 Å². The predicted octanol–water partition coefficient (Wildman–Crippen LogP) is 4.17. The van der Waals surface area contributed by atoms with E-state index in [1.165, 1.54) is 16.7 Å². The van der Waals surface area contributed by atoms with Crippen LogP contribution in [-0.4, -0.2) is 6.54 Å². The van der Waals surface area contributed by atoms with Crippen LogP contribution in [0.1, 0.15) is 23.6 Å². The molecule has 1 N–H and O–H groups in total. The van der Waals surface area contributed by atoms with Gasteiger partial charge >= 0.3 is 0 Å². The number of nitrogens with one attached hydrogen (secondary N) is 1. The molecule has 0 saturated carbocycles. The Bertz CT molecular complexity index is 565. The van der Waals surface area contributed by atoms with Gasteiger partial charge in [-0.1, -0.05) is 48.0 Å². The van der Waals surface area contributed by atoms with Crippen LogP contribution in [0.4, 0.5) is 0 Å². The highest BCUT2D eigenvalue weighted by Gasteiger charge is 2.32. The molecule has 100 valence electrons. The second kappa shape index (κ2) is 5.54. The number of benzene rings is 2. The van der Waals surface area contributed by atoms with Crippen molar-refractivity contribution in [2.24, 2.45) is 0 Å². The average molecular weight is 294 g/mol. The first-order valence-electron chi connectivity index (χ1n) is 6.29. The monoisotopic (exact) mass is 293 g/mol. The molecule has 1 nitrogen and oxygen atoms in total. The summed E-state index contributed by atoms with van der Waals surface area (Å²) < 4.78 is 0. The van der Waals surface area contributed by atoms with Crippen molar-refractivity contribution in [1.29, 1.82) is 0 Å². The minimum atomic E-state index is -0.112. The molecule has 0 spiro atoms. The zero-order chi connectivity index (χ0) is 12.6. The summed E-state index contributed by atoms with van der Waals surface area (Å²) in [6, 6.07) is 16.8.